The van der Waals surface area contributed by atoms with Crippen LogP contribution in [0, 0.1) is 6.07 Å². The maximum absolute atomic E-state index is 11.7. The molecular weight excluding hydrogens is 234 g/mol. The zero-order chi connectivity index (χ0) is 13.0. The first-order valence-corrected chi connectivity index (χ1v) is 6.14. The summed E-state index contributed by atoms with van der Waals surface area (Å²) in [4.78, 5) is 11.7. The monoisotopic (exact) mass is 244 g/mol. The lowest BCUT2D eigenvalue weighted by molar-refractivity contribution is 0.100. The largest absolute Gasteiger partial charge is 0.366 e. The van der Waals surface area contributed by atoms with Crippen LogP contribution in [-0.2, 0) is 0 Å². The molecule has 2 heteroatoms. The summed E-state index contributed by atoms with van der Waals surface area (Å²) < 4.78 is 0. The van der Waals surface area contributed by atoms with E-state index < -0.39 is 5.91 Å². The molecule has 0 saturated carbocycles. The maximum atomic E-state index is 11.7. The van der Waals surface area contributed by atoms with Gasteiger partial charge in [0, 0.05) is 5.56 Å². The SMILES string of the molecule is NC(=O)c1cc2[c]ccc3ccc4cccc1c4c23. The second-order valence-corrected chi connectivity index (χ2v) is 4.75. The molecule has 2 nitrogen and oxygen atoms in total. The standard InChI is InChI=1S/C17H10NO/c18-17(19)14-9-12-5-1-3-10-7-8-11-4-2-6-13(14)16(11)15(10)12/h1-4,6-9H,(H2,18,19). The summed E-state index contributed by atoms with van der Waals surface area (Å²) in [7, 11) is 0. The molecule has 0 bridgehead atoms. The first-order valence-electron chi connectivity index (χ1n) is 6.14. The number of hydrogen-bond acceptors (Lipinski definition) is 1. The number of primary amides is 1. The average molecular weight is 244 g/mol. The molecule has 89 valence electrons. The van der Waals surface area contributed by atoms with Crippen LogP contribution in [0.5, 0.6) is 0 Å². The summed E-state index contributed by atoms with van der Waals surface area (Å²) >= 11 is 0. The van der Waals surface area contributed by atoms with Gasteiger partial charge in [-0.1, -0.05) is 42.5 Å². The van der Waals surface area contributed by atoms with Gasteiger partial charge in [-0.05, 0) is 44.5 Å². The van der Waals surface area contributed by atoms with Crippen molar-refractivity contribution in [2.45, 2.75) is 0 Å². The smallest absolute Gasteiger partial charge is 0.249 e. The first-order chi connectivity index (χ1) is 9.25. The third-order valence-electron chi connectivity index (χ3n) is 3.69. The molecule has 0 aliphatic heterocycles. The van der Waals surface area contributed by atoms with E-state index in [0.717, 1.165) is 32.3 Å². The third kappa shape index (κ3) is 1.28. The number of carbonyl (C=O) groups is 1. The van der Waals surface area contributed by atoms with Crippen molar-refractivity contribution in [2.24, 2.45) is 5.73 Å². The Hall–Kier alpha value is -2.61. The highest BCUT2D eigenvalue weighted by Gasteiger charge is 2.13. The summed E-state index contributed by atoms with van der Waals surface area (Å²) in [6.07, 6.45) is 0. The van der Waals surface area contributed by atoms with E-state index in [1.165, 1.54) is 0 Å². The van der Waals surface area contributed by atoms with E-state index in [1.54, 1.807) is 0 Å². The fraction of sp³-hybridized carbons (Fsp3) is 0. The molecule has 0 heterocycles. The van der Waals surface area contributed by atoms with Gasteiger partial charge in [0.2, 0.25) is 5.91 Å². The molecule has 1 amide bonds. The van der Waals surface area contributed by atoms with Crippen molar-refractivity contribution < 1.29 is 4.79 Å². The average Bonchev–Trinajstić information content (AvgIpc) is 2.44. The molecule has 2 N–H and O–H groups in total. The highest BCUT2D eigenvalue weighted by Crippen LogP contribution is 2.35. The van der Waals surface area contributed by atoms with Gasteiger partial charge in [-0.25, -0.2) is 0 Å². The molecule has 0 fully saturated rings. The predicted molar refractivity (Wildman–Crippen MR) is 77.5 cm³/mol. The second kappa shape index (κ2) is 3.45. The molecule has 0 saturated heterocycles. The van der Waals surface area contributed by atoms with E-state index in [-0.39, 0.29) is 0 Å². The van der Waals surface area contributed by atoms with Crippen LogP contribution in [0.25, 0.3) is 32.3 Å². The van der Waals surface area contributed by atoms with Gasteiger partial charge in [-0.3, -0.25) is 4.79 Å². The van der Waals surface area contributed by atoms with E-state index in [4.69, 9.17) is 5.73 Å². The zero-order valence-corrected chi connectivity index (χ0v) is 10.1. The number of hydrogen-bond donors (Lipinski definition) is 1. The lowest BCUT2D eigenvalue weighted by Gasteiger charge is -2.12. The Bertz CT molecular complexity index is 940. The normalized spacial score (nSPS) is 11.6. The van der Waals surface area contributed by atoms with Gasteiger partial charge in [0.1, 0.15) is 0 Å². The fourth-order valence-corrected chi connectivity index (χ4v) is 2.88. The van der Waals surface area contributed by atoms with Crippen LogP contribution in [0.4, 0.5) is 0 Å². The summed E-state index contributed by atoms with van der Waals surface area (Å²) in [5.74, 6) is -0.396. The van der Waals surface area contributed by atoms with Crippen molar-refractivity contribution in [3.05, 3.63) is 60.2 Å². The van der Waals surface area contributed by atoms with E-state index >= 15 is 0 Å². The minimum atomic E-state index is -0.396. The van der Waals surface area contributed by atoms with Crippen LogP contribution >= 0.6 is 0 Å². The number of amides is 1. The van der Waals surface area contributed by atoms with E-state index in [9.17, 15) is 4.79 Å². The Morgan fingerprint density at radius 3 is 2.58 bits per heavy atom. The van der Waals surface area contributed by atoms with Crippen molar-refractivity contribution in [3.8, 4) is 0 Å². The number of rotatable bonds is 1. The summed E-state index contributed by atoms with van der Waals surface area (Å²) in [5.41, 5.74) is 6.07. The highest BCUT2D eigenvalue weighted by molar-refractivity contribution is 6.27. The molecule has 0 unspecified atom stereocenters. The number of nitrogens with two attached hydrogens (primary N) is 1. The predicted octanol–water partition coefficient (Wildman–Crippen LogP) is 3.48. The van der Waals surface area contributed by atoms with Crippen molar-refractivity contribution in [1.82, 2.24) is 0 Å². The van der Waals surface area contributed by atoms with Gasteiger partial charge in [0.05, 0.1) is 0 Å². The molecule has 0 aliphatic rings. The molecule has 1 radical (unpaired) electrons. The minimum Gasteiger partial charge on any atom is -0.366 e. The van der Waals surface area contributed by atoms with Gasteiger partial charge in [0.25, 0.3) is 0 Å². The van der Waals surface area contributed by atoms with Crippen LogP contribution in [0.3, 0.4) is 0 Å². The van der Waals surface area contributed by atoms with Crippen LogP contribution in [-0.4, -0.2) is 5.91 Å². The molecule has 4 aromatic rings. The minimum absolute atomic E-state index is 0.396. The lowest BCUT2D eigenvalue weighted by atomic mass is 9.91. The highest BCUT2D eigenvalue weighted by atomic mass is 16.1. The van der Waals surface area contributed by atoms with Crippen molar-refractivity contribution in [2.75, 3.05) is 0 Å². The molecule has 0 aromatic heterocycles. The van der Waals surface area contributed by atoms with Crippen LogP contribution < -0.4 is 5.73 Å². The maximum Gasteiger partial charge on any atom is 0.249 e. The van der Waals surface area contributed by atoms with Crippen molar-refractivity contribution in [1.29, 1.82) is 0 Å². The second-order valence-electron chi connectivity index (χ2n) is 4.75. The molecule has 4 aromatic carbocycles. The Morgan fingerprint density at radius 2 is 1.79 bits per heavy atom. The van der Waals surface area contributed by atoms with Gasteiger partial charge < -0.3 is 5.73 Å². The van der Waals surface area contributed by atoms with Gasteiger partial charge in [-0.2, -0.15) is 0 Å². The van der Waals surface area contributed by atoms with Crippen LogP contribution in [0.1, 0.15) is 10.4 Å². The van der Waals surface area contributed by atoms with Crippen molar-refractivity contribution in [3.63, 3.8) is 0 Å². The zero-order valence-electron chi connectivity index (χ0n) is 10.1. The van der Waals surface area contributed by atoms with Crippen molar-refractivity contribution >= 4 is 38.2 Å². The van der Waals surface area contributed by atoms with E-state index in [1.807, 2.05) is 30.3 Å². The number of benzene rings is 4. The van der Waals surface area contributed by atoms with E-state index in [2.05, 4.69) is 24.3 Å². The lowest BCUT2D eigenvalue weighted by Crippen LogP contribution is -2.11. The first kappa shape index (κ1) is 10.3. The molecule has 0 aliphatic carbocycles. The Balaban J connectivity index is 2.42. The van der Waals surface area contributed by atoms with Gasteiger partial charge >= 0.3 is 0 Å². The van der Waals surface area contributed by atoms with Gasteiger partial charge in [-0.15, -0.1) is 0 Å². The molecule has 4 rings (SSSR count). The summed E-state index contributed by atoms with van der Waals surface area (Å²) in [6.45, 7) is 0. The molecule has 19 heavy (non-hydrogen) atoms. The molecule has 0 atom stereocenters. The third-order valence-corrected chi connectivity index (χ3v) is 3.69. The molecule has 0 spiro atoms. The summed E-state index contributed by atoms with van der Waals surface area (Å²) in [5, 5.41) is 6.40. The van der Waals surface area contributed by atoms with E-state index in [0.29, 0.717) is 5.56 Å². The number of carbonyl (C=O) groups excluding carboxylic acids is 1. The van der Waals surface area contributed by atoms with Gasteiger partial charge in [0.15, 0.2) is 0 Å². The van der Waals surface area contributed by atoms with Crippen LogP contribution in [0.15, 0.2) is 48.5 Å². The molecular formula is C17H10NO. The topological polar surface area (TPSA) is 43.1 Å². The van der Waals surface area contributed by atoms with Crippen LogP contribution in [0.2, 0.25) is 0 Å². The summed E-state index contributed by atoms with van der Waals surface area (Å²) in [6, 6.07) is 19.1. The Morgan fingerprint density at radius 1 is 1.00 bits per heavy atom. The Kier molecular flexibility index (Phi) is 1.88. The Labute approximate surface area is 109 Å². The quantitative estimate of drug-likeness (QED) is 0.512. The fourth-order valence-electron chi connectivity index (χ4n) is 2.88.